The van der Waals surface area contributed by atoms with Crippen LogP contribution in [0.2, 0.25) is 10.0 Å². The van der Waals surface area contributed by atoms with E-state index in [-0.39, 0.29) is 5.57 Å². The number of hydrogen-bond donors (Lipinski definition) is 1. The summed E-state index contributed by atoms with van der Waals surface area (Å²) < 4.78 is 5.75. The van der Waals surface area contributed by atoms with Gasteiger partial charge in [-0.2, -0.15) is 10.5 Å². The predicted octanol–water partition coefficient (Wildman–Crippen LogP) is 6.61. The molecule has 0 saturated heterocycles. The van der Waals surface area contributed by atoms with Crippen molar-refractivity contribution in [2.75, 3.05) is 5.32 Å². The van der Waals surface area contributed by atoms with Crippen LogP contribution >= 0.6 is 34.5 Å². The first-order valence-corrected chi connectivity index (χ1v) is 11.1. The number of carbonyl (C=O) groups is 1. The van der Waals surface area contributed by atoms with E-state index in [2.05, 4.69) is 11.4 Å². The van der Waals surface area contributed by atoms with Crippen LogP contribution in [0.4, 0.5) is 5.00 Å². The lowest BCUT2D eigenvalue weighted by molar-refractivity contribution is -0.112. The lowest BCUT2D eigenvalue weighted by atomic mass is 9.96. The maximum Gasteiger partial charge on any atom is 0.267 e. The Morgan fingerprint density at radius 3 is 2.68 bits per heavy atom. The van der Waals surface area contributed by atoms with Crippen molar-refractivity contribution in [1.82, 2.24) is 0 Å². The van der Waals surface area contributed by atoms with Crippen LogP contribution < -0.4 is 5.32 Å². The molecule has 1 aliphatic rings. The molecule has 1 aromatic carbocycles. The van der Waals surface area contributed by atoms with E-state index in [0.717, 1.165) is 41.7 Å². The molecule has 4 rings (SSSR count). The second kappa shape index (κ2) is 8.99. The number of thiophene rings is 1. The summed E-state index contributed by atoms with van der Waals surface area (Å²) in [5.74, 6) is 0.295. The van der Waals surface area contributed by atoms with Gasteiger partial charge in [-0.05, 0) is 61.6 Å². The maximum absolute atomic E-state index is 12.7. The van der Waals surface area contributed by atoms with Crippen LogP contribution in [0.15, 0.2) is 40.3 Å². The molecule has 0 fully saturated rings. The Morgan fingerprint density at radius 2 is 1.94 bits per heavy atom. The number of amides is 1. The Morgan fingerprint density at radius 1 is 1.13 bits per heavy atom. The maximum atomic E-state index is 12.7. The fourth-order valence-corrected chi connectivity index (χ4v) is 5.00. The second-order valence-corrected chi connectivity index (χ2v) is 8.90. The van der Waals surface area contributed by atoms with Gasteiger partial charge in [-0.25, -0.2) is 0 Å². The Hall–Kier alpha value is -3.03. The normalized spacial score (nSPS) is 13.2. The standard InChI is InChI=1S/C23H15Cl2N3O2S/c24-18-7-5-13(10-19(18)25)20-8-6-15(30-20)9-14(11-26)22(29)28-23-17(12-27)16-3-1-2-4-21(16)31-23/h5-10H,1-4H2,(H,28,29). The number of rotatable bonds is 4. The molecule has 0 radical (unpaired) electrons. The highest BCUT2D eigenvalue weighted by Gasteiger charge is 2.23. The zero-order chi connectivity index (χ0) is 22.0. The number of carbonyl (C=O) groups excluding carboxylic acids is 1. The van der Waals surface area contributed by atoms with E-state index in [1.165, 1.54) is 17.4 Å². The molecule has 31 heavy (non-hydrogen) atoms. The lowest BCUT2D eigenvalue weighted by Gasteiger charge is -2.09. The fraction of sp³-hybridized carbons (Fsp3) is 0.174. The minimum atomic E-state index is -0.579. The molecule has 1 amide bonds. The summed E-state index contributed by atoms with van der Waals surface area (Å²) in [4.78, 5) is 13.8. The SMILES string of the molecule is N#CC(=Cc1ccc(-c2ccc(Cl)c(Cl)c2)o1)C(=O)Nc1sc2c(c1C#N)CCCC2. The van der Waals surface area contributed by atoms with E-state index < -0.39 is 5.91 Å². The molecule has 1 aliphatic carbocycles. The number of halogens is 2. The summed E-state index contributed by atoms with van der Waals surface area (Å²) in [5.41, 5.74) is 2.13. The van der Waals surface area contributed by atoms with Crippen LogP contribution in [0.25, 0.3) is 17.4 Å². The van der Waals surface area contributed by atoms with E-state index in [1.807, 2.05) is 6.07 Å². The number of anilines is 1. The molecule has 0 saturated carbocycles. The van der Waals surface area contributed by atoms with Gasteiger partial charge < -0.3 is 9.73 Å². The minimum Gasteiger partial charge on any atom is -0.457 e. The van der Waals surface area contributed by atoms with E-state index in [4.69, 9.17) is 27.6 Å². The first-order chi connectivity index (χ1) is 15.0. The van der Waals surface area contributed by atoms with Gasteiger partial charge in [-0.1, -0.05) is 23.2 Å². The van der Waals surface area contributed by atoms with Gasteiger partial charge in [0.25, 0.3) is 5.91 Å². The quantitative estimate of drug-likeness (QED) is 0.345. The van der Waals surface area contributed by atoms with Crippen LogP contribution in [-0.4, -0.2) is 5.91 Å². The first-order valence-electron chi connectivity index (χ1n) is 9.53. The van der Waals surface area contributed by atoms with E-state index >= 15 is 0 Å². The summed E-state index contributed by atoms with van der Waals surface area (Å²) in [6.45, 7) is 0. The van der Waals surface area contributed by atoms with Gasteiger partial charge in [0, 0.05) is 16.5 Å². The number of fused-ring (bicyclic) bond motifs is 1. The Labute approximate surface area is 193 Å². The highest BCUT2D eigenvalue weighted by atomic mass is 35.5. The average Bonchev–Trinajstić information content (AvgIpc) is 3.37. The van der Waals surface area contributed by atoms with E-state index in [0.29, 0.717) is 32.1 Å². The number of hydrogen-bond acceptors (Lipinski definition) is 5. The second-order valence-electron chi connectivity index (χ2n) is 6.98. The van der Waals surface area contributed by atoms with Crippen molar-refractivity contribution >= 4 is 51.5 Å². The first kappa shape index (κ1) is 21.2. The summed E-state index contributed by atoms with van der Waals surface area (Å²) in [5, 5.41) is 23.1. The van der Waals surface area contributed by atoms with Crippen LogP contribution in [0.5, 0.6) is 0 Å². The minimum absolute atomic E-state index is 0.120. The van der Waals surface area contributed by atoms with Gasteiger partial charge in [-0.3, -0.25) is 4.79 Å². The van der Waals surface area contributed by atoms with Crippen molar-refractivity contribution in [3.63, 3.8) is 0 Å². The van der Waals surface area contributed by atoms with E-state index in [1.54, 1.807) is 30.3 Å². The molecule has 0 atom stereocenters. The largest absolute Gasteiger partial charge is 0.457 e. The number of nitrogens with one attached hydrogen (secondary N) is 1. The molecule has 1 N–H and O–H groups in total. The van der Waals surface area contributed by atoms with Crippen LogP contribution in [0, 0.1) is 22.7 Å². The van der Waals surface area contributed by atoms with Crippen LogP contribution in [0.3, 0.4) is 0 Å². The Bertz CT molecular complexity index is 1290. The summed E-state index contributed by atoms with van der Waals surface area (Å²) in [6.07, 6.45) is 5.24. The molecular formula is C23H15Cl2N3O2S. The van der Waals surface area contributed by atoms with Gasteiger partial charge in [0.15, 0.2) is 0 Å². The van der Waals surface area contributed by atoms with Gasteiger partial charge in [-0.15, -0.1) is 11.3 Å². The number of benzene rings is 1. The van der Waals surface area contributed by atoms with Gasteiger partial charge in [0.2, 0.25) is 0 Å². The number of aryl methyl sites for hydroxylation is 1. The Kier molecular flexibility index (Phi) is 6.15. The van der Waals surface area contributed by atoms with Crippen molar-refractivity contribution < 1.29 is 9.21 Å². The van der Waals surface area contributed by atoms with Crippen molar-refractivity contribution in [2.24, 2.45) is 0 Å². The van der Waals surface area contributed by atoms with Crippen molar-refractivity contribution in [1.29, 1.82) is 10.5 Å². The third-order valence-electron chi connectivity index (χ3n) is 4.99. The summed E-state index contributed by atoms with van der Waals surface area (Å²) in [6, 6.07) is 12.6. The molecule has 2 heterocycles. The zero-order valence-corrected chi connectivity index (χ0v) is 18.5. The highest BCUT2D eigenvalue weighted by molar-refractivity contribution is 7.16. The predicted molar refractivity (Wildman–Crippen MR) is 122 cm³/mol. The zero-order valence-electron chi connectivity index (χ0n) is 16.2. The molecular weight excluding hydrogens is 453 g/mol. The molecule has 0 spiro atoms. The summed E-state index contributed by atoms with van der Waals surface area (Å²) in [7, 11) is 0. The third kappa shape index (κ3) is 4.38. The molecule has 2 aromatic heterocycles. The molecule has 0 bridgehead atoms. The monoisotopic (exact) mass is 467 g/mol. The smallest absolute Gasteiger partial charge is 0.267 e. The molecule has 154 valence electrons. The third-order valence-corrected chi connectivity index (χ3v) is 6.94. The lowest BCUT2D eigenvalue weighted by Crippen LogP contribution is -2.13. The molecule has 5 nitrogen and oxygen atoms in total. The highest BCUT2D eigenvalue weighted by Crippen LogP contribution is 2.38. The van der Waals surface area contributed by atoms with E-state index in [9.17, 15) is 15.3 Å². The molecule has 3 aromatic rings. The van der Waals surface area contributed by atoms with Crippen LogP contribution in [0.1, 0.15) is 34.6 Å². The Balaban J connectivity index is 1.57. The average molecular weight is 468 g/mol. The fourth-order valence-electron chi connectivity index (χ4n) is 3.47. The molecule has 0 aliphatic heterocycles. The summed E-state index contributed by atoms with van der Waals surface area (Å²) >= 11 is 13.4. The van der Waals surface area contributed by atoms with Gasteiger partial charge in [0.05, 0.1) is 15.6 Å². The number of nitrogens with zero attached hydrogens (tertiary/aromatic N) is 2. The topological polar surface area (TPSA) is 89.8 Å². The number of nitriles is 2. The van der Waals surface area contributed by atoms with Crippen molar-refractivity contribution in [3.05, 3.63) is 67.7 Å². The van der Waals surface area contributed by atoms with Crippen molar-refractivity contribution in [3.8, 4) is 23.5 Å². The van der Waals surface area contributed by atoms with Gasteiger partial charge in [0.1, 0.15) is 34.2 Å². The number of furan rings is 1. The molecule has 8 heteroatoms. The van der Waals surface area contributed by atoms with Crippen molar-refractivity contribution in [2.45, 2.75) is 25.7 Å². The molecule has 0 unspecified atom stereocenters. The van der Waals surface area contributed by atoms with Gasteiger partial charge >= 0.3 is 0 Å². The van der Waals surface area contributed by atoms with Crippen LogP contribution in [-0.2, 0) is 17.6 Å².